The molecule has 3 N–H and O–H groups in total. The summed E-state index contributed by atoms with van der Waals surface area (Å²) in [6.45, 7) is 12.4. The number of rotatable bonds is 10. The van der Waals surface area contributed by atoms with Crippen LogP contribution in [0.2, 0.25) is 0 Å². The number of piperidine rings is 1. The number of carbonyl (C=O) groups excluding carboxylic acids is 3. The number of methoxy groups -OCH3 is 1. The molecule has 3 rings (SSSR count). The van der Waals surface area contributed by atoms with Gasteiger partial charge >= 0.3 is 18.2 Å². The molecule has 3 aliphatic heterocycles. The van der Waals surface area contributed by atoms with Crippen LogP contribution in [0.5, 0.6) is 0 Å². The van der Waals surface area contributed by atoms with E-state index in [4.69, 9.17) is 25.4 Å². The van der Waals surface area contributed by atoms with Crippen molar-refractivity contribution in [2.75, 3.05) is 66.0 Å². The highest BCUT2D eigenvalue weighted by atomic mass is 16.6. The van der Waals surface area contributed by atoms with Crippen LogP contribution in [0.15, 0.2) is 0 Å². The molecule has 0 aromatic heterocycles. The first-order valence-electron chi connectivity index (χ1n) is 13.8. The Morgan fingerprint density at radius 2 is 1.79 bits per heavy atom. The van der Waals surface area contributed by atoms with Crippen molar-refractivity contribution in [2.45, 2.75) is 70.6 Å². The van der Waals surface area contributed by atoms with Crippen molar-refractivity contribution < 1.29 is 28.6 Å². The molecule has 0 bridgehead atoms. The van der Waals surface area contributed by atoms with Crippen molar-refractivity contribution in [1.29, 1.82) is 5.41 Å². The summed E-state index contributed by atoms with van der Waals surface area (Å²) >= 11 is 0. The number of ether oxygens (including phenoxy) is 3. The lowest BCUT2D eigenvalue weighted by Crippen LogP contribution is -2.53. The van der Waals surface area contributed by atoms with Crippen LogP contribution in [0.25, 0.3) is 0 Å². The van der Waals surface area contributed by atoms with E-state index in [1.54, 1.807) is 9.80 Å². The Morgan fingerprint density at radius 3 is 2.42 bits per heavy atom. The summed E-state index contributed by atoms with van der Waals surface area (Å²) in [6.07, 6.45) is 2.53. The first kappa shape index (κ1) is 29.9. The number of piperazine rings is 1. The molecule has 3 heterocycles. The number of carbonyl (C=O) groups is 3. The van der Waals surface area contributed by atoms with E-state index in [9.17, 15) is 14.4 Å². The highest BCUT2D eigenvalue weighted by Gasteiger charge is 2.37. The van der Waals surface area contributed by atoms with E-state index in [1.165, 1.54) is 7.11 Å². The molecule has 3 fully saturated rings. The molecular weight excluding hydrogens is 492 g/mol. The first-order valence-corrected chi connectivity index (χ1v) is 13.8. The smallest absolute Gasteiger partial charge is 0.410 e. The monoisotopic (exact) mass is 538 g/mol. The predicted molar refractivity (Wildman–Crippen MR) is 142 cm³/mol. The molecule has 12 heteroatoms. The fraction of sp³-hybridized carbons (Fsp3) is 0.846. The van der Waals surface area contributed by atoms with Crippen molar-refractivity contribution in [3.63, 3.8) is 0 Å². The summed E-state index contributed by atoms with van der Waals surface area (Å²) < 4.78 is 15.9. The normalized spacial score (nSPS) is 25.3. The van der Waals surface area contributed by atoms with Gasteiger partial charge in [-0.1, -0.05) is 0 Å². The summed E-state index contributed by atoms with van der Waals surface area (Å²) in [7, 11) is 1.42. The fourth-order valence-corrected chi connectivity index (χ4v) is 5.36. The largest absolute Gasteiger partial charge is 0.469 e. The molecule has 3 aliphatic rings. The van der Waals surface area contributed by atoms with Crippen molar-refractivity contribution in [1.82, 2.24) is 19.6 Å². The lowest BCUT2D eigenvalue weighted by atomic mass is 9.88. The van der Waals surface area contributed by atoms with Gasteiger partial charge in [-0.15, -0.1) is 0 Å². The van der Waals surface area contributed by atoms with E-state index in [-0.39, 0.29) is 29.9 Å². The van der Waals surface area contributed by atoms with Gasteiger partial charge in [-0.25, -0.2) is 9.59 Å². The van der Waals surface area contributed by atoms with Crippen LogP contribution in [0.3, 0.4) is 0 Å². The van der Waals surface area contributed by atoms with Crippen LogP contribution in [0.4, 0.5) is 9.59 Å². The summed E-state index contributed by atoms with van der Waals surface area (Å²) in [5.74, 6) is 0.0487. The zero-order valence-corrected chi connectivity index (χ0v) is 23.4. The Hall–Kier alpha value is -2.60. The first-order chi connectivity index (χ1) is 17.9. The third-order valence-corrected chi connectivity index (χ3v) is 7.46. The van der Waals surface area contributed by atoms with Crippen molar-refractivity contribution in [2.24, 2.45) is 11.7 Å². The van der Waals surface area contributed by atoms with Gasteiger partial charge in [0.05, 0.1) is 19.7 Å². The number of nitrogens with two attached hydrogens (primary N) is 1. The third kappa shape index (κ3) is 9.00. The molecule has 12 nitrogen and oxygen atoms in total. The van der Waals surface area contributed by atoms with E-state index in [0.717, 1.165) is 58.5 Å². The molecule has 2 amide bonds. The Morgan fingerprint density at radius 1 is 1.11 bits per heavy atom. The molecule has 38 heavy (non-hydrogen) atoms. The van der Waals surface area contributed by atoms with Gasteiger partial charge in [0.15, 0.2) is 0 Å². The second-order valence-corrected chi connectivity index (χ2v) is 11.6. The Kier molecular flexibility index (Phi) is 10.6. The van der Waals surface area contributed by atoms with E-state index < -0.39 is 17.7 Å². The van der Waals surface area contributed by atoms with E-state index in [2.05, 4.69) is 9.80 Å². The van der Waals surface area contributed by atoms with Crippen molar-refractivity contribution >= 4 is 24.0 Å². The summed E-state index contributed by atoms with van der Waals surface area (Å²) in [5, 5.41) is 8.00. The lowest BCUT2D eigenvalue weighted by molar-refractivity contribution is -0.140. The standard InChI is InChI=1S/C26H46N6O6/c1-26(2,3)38-25(35)32-11-8-19(16-21(32)23(27)28)7-10-31-18-20(37-24(31)34)17-30-14-12-29(13-15-30)9-5-6-22(33)36-4/h19-21H,5-18H2,1-4H3,(H3,27,28). The lowest BCUT2D eigenvalue weighted by Gasteiger charge is -2.39. The minimum absolute atomic E-state index is 0.0373. The summed E-state index contributed by atoms with van der Waals surface area (Å²) in [5.41, 5.74) is 5.23. The quantitative estimate of drug-likeness (QED) is 0.184. The average Bonchev–Trinajstić information content (AvgIpc) is 3.20. The number of likely N-dealkylation sites (tertiary alicyclic amines) is 1. The fourth-order valence-electron chi connectivity index (χ4n) is 5.36. The van der Waals surface area contributed by atoms with Gasteiger partial charge in [-0.3, -0.25) is 20.0 Å². The summed E-state index contributed by atoms with van der Waals surface area (Å²) in [6, 6.07) is -0.485. The Labute approximate surface area is 226 Å². The number of nitrogens with one attached hydrogen (secondary N) is 1. The SMILES string of the molecule is COC(=O)CCCN1CCN(CC2CN(CCC3CCN(C(=O)OC(C)(C)C)C(C(=N)N)C3)C(=O)O2)CC1. The molecule has 0 radical (unpaired) electrons. The molecule has 0 aromatic rings. The molecule has 0 saturated carbocycles. The number of hydrogen-bond donors (Lipinski definition) is 2. The third-order valence-electron chi connectivity index (χ3n) is 7.46. The molecule has 0 spiro atoms. The predicted octanol–water partition coefficient (Wildman–Crippen LogP) is 1.72. The molecule has 216 valence electrons. The highest BCUT2D eigenvalue weighted by molar-refractivity contribution is 5.86. The minimum atomic E-state index is -0.610. The Balaban J connectivity index is 1.38. The van der Waals surface area contributed by atoms with Gasteiger partial charge in [0.25, 0.3) is 0 Å². The molecule has 3 atom stereocenters. The highest BCUT2D eigenvalue weighted by Crippen LogP contribution is 2.28. The number of cyclic esters (lactones) is 1. The molecule has 0 aliphatic carbocycles. The van der Waals surface area contributed by atoms with Crippen LogP contribution >= 0.6 is 0 Å². The number of hydrogen-bond acceptors (Lipinski definition) is 9. The number of amidine groups is 1. The molecule has 3 saturated heterocycles. The zero-order valence-electron chi connectivity index (χ0n) is 23.4. The topological polar surface area (TPSA) is 142 Å². The summed E-state index contributed by atoms with van der Waals surface area (Å²) in [4.78, 5) is 44.4. The Bertz CT molecular complexity index is 841. The van der Waals surface area contributed by atoms with Gasteiger partial charge in [-0.05, 0) is 58.9 Å². The van der Waals surface area contributed by atoms with Crippen LogP contribution in [0.1, 0.15) is 52.9 Å². The maximum atomic E-state index is 12.6. The second-order valence-electron chi connectivity index (χ2n) is 11.6. The minimum Gasteiger partial charge on any atom is -0.469 e. The van der Waals surface area contributed by atoms with Crippen LogP contribution in [-0.4, -0.2) is 127 Å². The van der Waals surface area contributed by atoms with Crippen LogP contribution in [0, 0.1) is 11.3 Å². The number of esters is 1. The van der Waals surface area contributed by atoms with Crippen molar-refractivity contribution in [3.05, 3.63) is 0 Å². The van der Waals surface area contributed by atoms with Gasteiger partial charge in [0.1, 0.15) is 17.5 Å². The van der Waals surface area contributed by atoms with Crippen molar-refractivity contribution in [3.8, 4) is 0 Å². The van der Waals surface area contributed by atoms with E-state index in [1.807, 2.05) is 20.8 Å². The van der Waals surface area contributed by atoms with E-state index in [0.29, 0.717) is 32.5 Å². The van der Waals surface area contributed by atoms with E-state index >= 15 is 0 Å². The van der Waals surface area contributed by atoms with Gasteiger partial charge in [-0.2, -0.15) is 0 Å². The van der Waals surface area contributed by atoms with Gasteiger partial charge in [0.2, 0.25) is 0 Å². The average molecular weight is 539 g/mol. The van der Waals surface area contributed by atoms with Crippen LogP contribution in [-0.2, 0) is 19.0 Å². The zero-order chi connectivity index (χ0) is 27.9. The number of amides is 2. The van der Waals surface area contributed by atoms with Crippen LogP contribution < -0.4 is 5.73 Å². The van der Waals surface area contributed by atoms with Gasteiger partial charge in [0, 0.05) is 52.2 Å². The number of nitrogens with zero attached hydrogens (tertiary/aromatic N) is 4. The molecule has 3 unspecified atom stereocenters. The maximum absolute atomic E-state index is 12.6. The maximum Gasteiger partial charge on any atom is 0.410 e. The molecule has 0 aromatic carbocycles. The second kappa shape index (κ2) is 13.5. The molecular formula is C26H46N6O6. The van der Waals surface area contributed by atoms with Gasteiger partial charge < -0.3 is 29.7 Å².